The van der Waals surface area contributed by atoms with Crippen LogP contribution in [0.5, 0.6) is 0 Å². The highest BCUT2D eigenvalue weighted by Gasteiger charge is 2.16. The maximum absolute atomic E-state index is 11.7. The number of hydrogen-bond acceptors (Lipinski definition) is 3. The molecule has 0 saturated heterocycles. The molecule has 0 aromatic carbocycles. The summed E-state index contributed by atoms with van der Waals surface area (Å²) in [5.74, 6) is 0.0357. The molecule has 6 heteroatoms. The molecule has 0 aliphatic rings. The van der Waals surface area contributed by atoms with Gasteiger partial charge < -0.3 is 20.3 Å². The van der Waals surface area contributed by atoms with E-state index in [0.29, 0.717) is 18.3 Å². The Kier molecular flexibility index (Phi) is 8.71. The van der Waals surface area contributed by atoms with Crippen LogP contribution in [0.4, 0.5) is 0 Å². The van der Waals surface area contributed by atoms with Gasteiger partial charge in [0, 0.05) is 33.9 Å². The van der Waals surface area contributed by atoms with E-state index in [1.807, 2.05) is 6.92 Å². The van der Waals surface area contributed by atoms with Crippen molar-refractivity contribution in [2.45, 2.75) is 26.3 Å². The molecular weight excluding hydrogens is 238 g/mol. The summed E-state index contributed by atoms with van der Waals surface area (Å²) >= 11 is 5.09. The predicted molar refractivity (Wildman–Crippen MR) is 73.0 cm³/mol. The molecule has 1 amide bonds. The molecule has 0 aromatic heterocycles. The SMILES string of the molecule is CCN(C)C(=O)C(C)NC(=S)NCCCOC. The second-order valence-electron chi connectivity index (χ2n) is 3.82. The zero-order valence-electron chi connectivity index (χ0n) is 11.1. The Balaban J connectivity index is 3.83. The van der Waals surface area contributed by atoms with Crippen LogP contribution in [0, 0.1) is 0 Å². The van der Waals surface area contributed by atoms with Crippen molar-refractivity contribution in [2.75, 3.05) is 33.9 Å². The molecule has 0 aromatic rings. The largest absolute Gasteiger partial charge is 0.385 e. The summed E-state index contributed by atoms with van der Waals surface area (Å²) < 4.78 is 4.92. The van der Waals surface area contributed by atoms with E-state index in [2.05, 4.69) is 10.6 Å². The van der Waals surface area contributed by atoms with E-state index in [1.54, 1.807) is 26.0 Å². The fourth-order valence-electron chi connectivity index (χ4n) is 1.21. The van der Waals surface area contributed by atoms with Crippen LogP contribution in [0.15, 0.2) is 0 Å². The van der Waals surface area contributed by atoms with Gasteiger partial charge in [-0.05, 0) is 32.5 Å². The molecule has 5 nitrogen and oxygen atoms in total. The lowest BCUT2D eigenvalue weighted by Crippen LogP contribution is -2.48. The van der Waals surface area contributed by atoms with Crippen molar-refractivity contribution in [1.82, 2.24) is 15.5 Å². The standard InChI is InChI=1S/C11H23N3O2S/c1-5-14(3)10(15)9(2)13-11(17)12-7-6-8-16-4/h9H,5-8H2,1-4H3,(H2,12,13,17). The van der Waals surface area contributed by atoms with Gasteiger partial charge in [-0.3, -0.25) is 4.79 Å². The quantitative estimate of drug-likeness (QED) is 0.512. The van der Waals surface area contributed by atoms with Crippen LogP contribution in [-0.4, -0.2) is 55.8 Å². The highest BCUT2D eigenvalue weighted by atomic mass is 32.1. The molecule has 0 spiro atoms. The molecule has 0 bridgehead atoms. The van der Waals surface area contributed by atoms with Crippen molar-refractivity contribution in [1.29, 1.82) is 0 Å². The molecule has 0 saturated carbocycles. The minimum absolute atomic E-state index is 0.0357. The molecule has 0 radical (unpaired) electrons. The van der Waals surface area contributed by atoms with Crippen molar-refractivity contribution < 1.29 is 9.53 Å². The van der Waals surface area contributed by atoms with Gasteiger partial charge in [-0.15, -0.1) is 0 Å². The van der Waals surface area contributed by atoms with Crippen molar-refractivity contribution in [3.63, 3.8) is 0 Å². The summed E-state index contributed by atoms with van der Waals surface area (Å²) in [7, 11) is 3.44. The Bertz CT molecular complexity index is 249. The maximum Gasteiger partial charge on any atom is 0.244 e. The molecular formula is C11H23N3O2S. The van der Waals surface area contributed by atoms with E-state index in [-0.39, 0.29) is 11.9 Å². The van der Waals surface area contributed by atoms with Crippen LogP contribution in [0.1, 0.15) is 20.3 Å². The first kappa shape index (κ1) is 16.1. The van der Waals surface area contributed by atoms with Crippen LogP contribution in [0.3, 0.4) is 0 Å². The van der Waals surface area contributed by atoms with Gasteiger partial charge in [-0.2, -0.15) is 0 Å². The summed E-state index contributed by atoms with van der Waals surface area (Å²) in [4.78, 5) is 13.4. The average Bonchev–Trinajstić information content (AvgIpc) is 2.32. The molecule has 0 aliphatic carbocycles. The predicted octanol–water partition coefficient (Wildman–Crippen LogP) is 0.354. The number of nitrogens with one attached hydrogen (secondary N) is 2. The normalized spacial score (nSPS) is 11.8. The summed E-state index contributed by atoms with van der Waals surface area (Å²) in [5, 5.41) is 6.50. The molecule has 0 fully saturated rings. The zero-order valence-corrected chi connectivity index (χ0v) is 11.9. The topological polar surface area (TPSA) is 53.6 Å². The first-order chi connectivity index (χ1) is 8.02. The van der Waals surface area contributed by atoms with Gasteiger partial charge in [-0.1, -0.05) is 0 Å². The second kappa shape index (κ2) is 9.18. The molecule has 0 heterocycles. The minimum atomic E-state index is -0.303. The van der Waals surface area contributed by atoms with E-state index in [4.69, 9.17) is 17.0 Å². The molecule has 1 unspecified atom stereocenters. The number of rotatable bonds is 7. The van der Waals surface area contributed by atoms with Crippen LogP contribution in [0.2, 0.25) is 0 Å². The highest BCUT2D eigenvalue weighted by Crippen LogP contribution is 1.91. The monoisotopic (exact) mass is 261 g/mol. The van der Waals surface area contributed by atoms with E-state index in [1.165, 1.54) is 0 Å². The van der Waals surface area contributed by atoms with Gasteiger partial charge >= 0.3 is 0 Å². The fourth-order valence-corrected chi connectivity index (χ4v) is 1.49. The van der Waals surface area contributed by atoms with Gasteiger partial charge in [0.05, 0.1) is 0 Å². The van der Waals surface area contributed by atoms with Crippen LogP contribution in [0.25, 0.3) is 0 Å². The lowest BCUT2D eigenvalue weighted by molar-refractivity contribution is -0.131. The number of nitrogens with zero attached hydrogens (tertiary/aromatic N) is 1. The first-order valence-electron chi connectivity index (χ1n) is 5.81. The van der Waals surface area contributed by atoms with Gasteiger partial charge in [0.2, 0.25) is 5.91 Å². The highest BCUT2D eigenvalue weighted by molar-refractivity contribution is 7.80. The third-order valence-electron chi connectivity index (χ3n) is 2.38. The molecule has 17 heavy (non-hydrogen) atoms. The Morgan fingerprint density at radius 1 is 1.53 bits per heavy atom. The smallest absolute Gasteiger partial charge is 0.244 e. The summed E-state index contributed by atoms with van der Waals surface area (Å²) in [6.07, 6.45) is 0.884. The molecule has 2 N–H and O–H groups in total. The van der Waals surface area contributed by atoms with Crippen molar-refractivity contribution in [2.24, 2.45) is 0 Å². The summed E-state index contributed by atoms with van der Waals surface area (Å²) in [6, 6.07) is -0.303. The molecule has 1 atom stereocenters. The number of amides is 1. The lowest BCUT2D eigenvalue weighted by Gasteiger charge is -2.21. The van der Waals surface area contributed by atoms with Gasteiger partial charge in [0.25, 0.3) is 0 Å². The Morgan fingerprint density at radius 2 is 2.18 bits per heavy atom. The lowest BCUT2D eigenvalue weighted by atomic mass is 10.3. The van der Waals surface area contributed by atoms with Crippen molar-refractivity contribution >= 4 is 23.2 Å². The zero-order chi connectivity index (χ0) is 13.3. The van der Waals surface area contributed by atoms with Gasteiger partial charge in [-0.25, -0.2) is 0 Å². The van der Waals surface area contributed by atoms with Crippen molar-refractivity contribution in [3.8, 4) is 0 Å². The number of carbonyl (C=O) groups is 1. The summed E-state index contributed by atoms with van der Waals surface area (Å²) in [5.41, 5.74) is 0. The van der Waals surface area contributed by atoms with Crippen LogP contribution >= 0.6 is 12.2 Å². The molecule has 100 valence electrons. The van der Waals surface area contributed by atoms with E-state index >= 15 is 0 Å². The molecule has 0 rings (SSSR count). The average molecular weight is 261 g/mol. The first-order valence-corrected chi connectivity index (χ1v) is 6.22. The van der Waals surface area contributed by atoms with Gasteiger partial charge in [0.1, 0.15) is 6.04 Å². The summed E-state index contributed by atoms with van der Waals surface area (Å²) in [6.45, 7) is 5.87. The van der Waals surface area contributed by atoms with E-state index in [0.717, 1.165) is 13.0 Å². The minimum Gasteiger partial charge on any atom is -0.385 e. The van der Waals surface area contributed by atoms with Gasteiger partial charge in [0.15, 0.2) is 5.11 Å². The Hall–Kier alpha value is -0.880. The number of carbonyl (C=O) groups excluding carboxylic acids is 1. The van der Waals surface area contributed by atoms with E-state index in [9.17, 15) is 4.79 Å². The third-order valence-corrected chi connectivity index (χ3v) is 2.64. The fraction of sp³-hybridized carbons (Fsp3) is 0.818. The number of ether oxygens (including phenoxy) is 1. The number of thiocarbonyl (C=S) groups is 1. The number of methoxy groups -OCH3 is 1. The number of likely N-dealkylation sites (N-methyl/N-ethyl adjacent to an activating group) is 1. The Labute approximate surface area is 109 Å². The van der Waals surface area contributed by atoms with Crippen LogP contribution in [-0.2, 0) is 9.53 Å². The molecule has 0 aliphatic heterocycles. The number of hydrogen-bond donors (Lipinski definition) is 2. The van der Waals surface area contributed by atoms with Crippen molar-refractivity contribution in [3.05, 3.63) is 0 Å². The maximum atomic E-state index is 11.7. The third kappa shape index (κ3) is 7.12. The van der Waals surface area contributed by atoms with Crippen LogP contribution < -0.4 is 10.6 Å². The Morgan fingerprint density at radius 3 is 2.71 bits per heavy atom. The second-order valence-corrected chi connectivity index (χ2v) is 4.23. The van der Waals surface area contributed by atoms with E-state index < -0.39 is 0 Å².